The molecule has 0 spiro atoms. The van der Waals surface area contributed by atoms with Crippen molar-refractivity contribution in [1.29, 1.82) is 0 Å². The summed E-state index contributed by atoms with van der Waals surface area (Å²) in [4.78, 5) is 33.4. The summed E-state index contributed by atoms with van der Waals surface area (Å²) in [6.07, 6.45) is 8.09. The highest BCUT2D eigenvalue weighted by Crippen LogP contribution is 2.27. The molecule has 1 aliphatic carbocycles. The number of carbonyl (C=O) groups is 2. The molecule has 1 aromatic heterocycles. The van der Waals surface area contributed by atoms with Gasteiger partial charge in [-0.15, -0.1) is 0 Å². The normalized spacial score (nSPS) is 17.6. The topological polar surface area (TPSA) is 78.7 Å². The molecule has 2 aromatic rings. The van der Waals surface area contributed by atoms with Gasteiger partial charge in [-0.2, -0.15) is 0 Å². The molecule has 0 bridgehead atoms. The maximum atomic E-state index is 12.5. The van der Waals surface area contributed by atoms with Crippen LogP contribution in [0.5, 0.6) is 0 Å². The highest BCUT2D eigenvalue weighted by atomic mass is 16.4. The van der Waals surface area contributed by atoms with Crippen LogP contribution in [0.4, 0.5) is 0 Å². The van der Waals surface area contributed by atoms with Gasteiger partial charge in [-0.25, -0.2) is 4.98 Å². The lowest BCUT2D eigenvalue weighted by atomic mass is 10.1. The largest absolute Gasteiger partial charge is 0.441 e. The van der Waals surface area contributed by atoms with E-state index >= 15 is 0 Å². The average molecular weight is 439 g/mol. The third kappa shape index (κ3) is 6.19. The lowest BCUT2D eigenvalue weighted by Crippen LogP contribution is -2.51. The van der Waals surface area contributed by atoms with Gasteiger partial charge >= 0.3 is 0 Å². The summed E-state index contributed by atoms with van der Waals surface area (Å²) in [5, 5.41) is 3.01. The number of nitrogens with one attached hydrogen (secondary N) is 1. The lowest BCUT2D eigenvalue weighted by molar-refractivity contribution is -0.137. The van der Waals surface area contributed by atoms with Crippen LogP contribution >= 0.6 is 0 Å². The predicted octanol–water partition coefficient (Wildman–Crippen LogP) is 3.11. The van der Waals surface area contributed by atoms with E-state index in [0.29, 0.717) is 37.6 Å². The number of amides is 2. The average Bonchev–Trinajstić information content (AvgIpc) is 3.52. The zero-order chi connectivity index (χ0) is 22.2. The Morgan fingerprint density at radius 3 is 2.56 bits per heavy atom. The Morgan fingerprint density at radius 1 is 1.06 bits per heavy atom. The van der Waals surface area contributed by atoms with Gasteiger partial charge in [0, 0.05) is 63.6 Å². The number of nitrogens with zero attached hydrogens (tertiary/aromatic N) is 3. The maximum absolute atomic E-state index is 12.5. The quantitative estimate of drug-likeness (QED) is 0.651. The summed E-state index contributed by atoms with van der Waals surface area (Å²) in [5.41, 5.74) is 1.01. The second-order valence-corrected chi connectivity index (χ2v) is 8.84. The van der Waals surface area contributed by atoms with Crippen LogP contribution in [0.3, 0.4) is 0 Å². The molecule has 7 nitrogen and oxygen atoms in total. The van der Waals surface area contributed by atoms with Crippen LogP contribution in [0.25, 0.3) is 11.3 Å². The van der Waals surface area contributed by atoms with E-state index in [-0.39, 0.29) is 11.8 Å². The molecular weight excluding hydrogens is 404 g/mol. The second kappa shape index (κ2) is 11.3. The monoisotopic (exact) mass is 438 g/mol. The van der Waals surface area contributed by atoms with E-state index in [1.807, 2.05) is 35.2 Å². The molecule has 32 heavy (non-hydrogen) atoms. The zero-order valence-electron chi connectivity index (χ0n) is 18.8. The lowest BCUT2D eigenvalue weighted by Gasteiger charge is -2.36. The minimum Gasteiger partial charge on any atom is -0.441 e. The minimum atomic E-state index is 0.0647. The predicted molar refractivity (Wildman–Crippen MR) is 123 cm³/mol. The molecule has 0 atom stereocenters. The van der Waals surface area contributed by atoms with Crippen molar-refractivity contribution in [1.82, 2.24) is 20.1 Å². The standard InChI is InChI=1S/C25H34N4O3/c30-23(11-6-12-24-27-19-22(32-24)20-7-2-1-3-8-20)26-13-14-28-15-17-29(18-16-28)25(31)21-9-4-5-10-21/h1-3,7-8,19,21H,4-6,9-18H2,(H,26,30). The van der Waals surface area contributed by atoms with Crippen LogP contribution in [0.15, 0.2) is 40.9 Å². The van der Waals surface area contributed by atoms with Crippen molar-refractivity contribution < 1.29 is 14.0 Å². The Balaban J connectivity index is 1.07. The van der Waals surface area contributed by atoms with Crippen molar-refractivity contribution >= 4 is 11.8 Å². The van der Waals surface area contributed by atoms with Gasteiger partial charge in [0.15, 0.2) is 11.7 Å². The van der Waals surface area contributed by atoms with Gasteiger partial charge in [0.1, 0.15) is 0 Å². The number of piperazine rings is 1. The summed E-state index contributed by atoms with van der Waals surface area (Å²) in [7, 11) is 0. The van der Waals surface area contributed by atoms with E-state index in [0.717, 1.165) is 56.9 Å². The molecule has 4 rings (SSSR count). The summed E-state index contributed by atoms with van der Waals surface area (Å²) < 4.78 is 5.79. The van der Waals surface area contributed by atoms with E-state index in [4.69, 9.17) is 4.42 Å². The van der Waals surface area contributed by atoms with Gasteiger partial charge in [0.25, 0.3) is 0 Å². The number of rotatable bonds is 9. The summed E-state index contributed by atoms with van der Waals surface area (Å²) in [5.74, 6) is 2.12. The molecular formula is C25H34N4O3. The first-order valence-corrected chi connectivity index (χ1v) is 12.0. The van der Waals surface area contributed by atoms with Gasteiger partial charge in [-0.3, -0.25) is 14.5 Å². The van der Waals surface area contributed by atoms with Crippen molar-refractivity contribution in [3.05, 3.63) is 42.4 Å². The molecule has 0 radical (unpaired) electrons. The number of oxazole rings is 1. The van der Waals surface area contributed by atoms with Crippen LogP contribution < -0.4 is 5.32 Å². The van der Waals surface area contributed by atoms with Crippen molar-refractivity contribution in [3.8, 4) is 11.3 Å². The molecule has 1 saturated carbocycles. The van der Waals surface area contributed by atoms with Crippen LogP contribution in [-0.4, -0.2) is 65.9 Å². The van der Waals surface area contributed by atoms with Gasteiger partial charge in [0.2, 0.25) is 11.8 Å². The first-order chi connectivity index (χ1) is 15.7. The van der Waals surface area contributed by atoms with E-state index in [9.17, 15) is 9.59 Å². The molecule has 7 heteroatoms. The van der Waals surface area contributed by atoms with Gasteiger partial charge < -0.3 is 14.6 Å². The second-order valence-electron chi connectivity index (χ2n) is 8.84. The summed E-state index contributed by atoms with van der Waals surface area (Å²) in [6.45, 7) is 4.88. The van der Waals surface area contributed by atoms with Gasteiger partial charge in [-0.05, 0) is 19.3 Å². The third-order valence-corrected chi connectivity index (χ3v) is 6.54. The SMILES string of the molecule is O=C(CCCc1ncc(-c2ccccc2)o1)NCCN1CCN(C(=O)C2CCCC2)CC1. The number of hydrogen-bond donors (Lipinski definition) is 1. The van der Waals surface area contributed by atoms with Crippen LogP contribution in [0.2, 0.25) is 0 Å². The van der Waals surface area contributed by atoms with E-state index in [2.05, 4.69) is 15.2 Å². The fourth-order valence-electron chi connectivity index (χ4n) is 4.63. The van der Waals surface area contributed by atoms with Crippen LogP contribution in [0.1, 0.15) is 44.4 Å². The molecule has 2 amide bonds. The number of carbonyl (C=O) groups excluding carboxylic acids is 2. The molecule has 2 fully saturated rings. The van der Waals surface area contributed by atoms with Crippen molar-refractivity contribution in [2.45, 2.75) is 44.9 Å². The van der Waals surface area contributed by atoms with E-state index < -0.39 is 0 Å². The first kappa shape index (κ1) is 22.5. The van der Waals surface area contributed by atoms with Gasteiger partial charge in [0.05, 0.1) is 6.20 Å². The number of hydrogen-bond acceptors (Lipinski definition) is 5. The molecule has 172 valence electrons. The Labute approximate surface area is 190 Å². The molecule has 1 aliphatic heterocycles. The molecule has 1 aromatic carbocycles. The van der Waals surface area contributed by atoms with Crippen LogP contribution in [-0.2, 0) is 16.0 Å². The highest BCUT2D eigenvalue weighted by Gasteiger charge is 2.29. The number of benzene rings is 1. The fraction of sp³-hybridized carbons (Fsp3) is 0.560. The zero-order valence-corrected chi connectivity index (χ0v) is 18.8. The number of aryl methyl sites for hydroxylation is 1. The van der Waals surface area contributed by atoms with Gasteiger partial charge in [-0.1, -0.05) is 43.2 Å². The molecule has 2 aliphatic rings. The first-order valence-electron chi connectivity index (χ1n) is 12.0. The van der Waals surface area contributed by atoms with Crippen molar-refractivity contribution in [3.63, 3.8) is 0 Å². The molecule has 0 unspecified atom stereocenters. The Bertz CT molecular complexity index is 868. The number of aromatic nitrogens is 1. The molecule has 1 N–H and O–H groups in total. The van der Waals surface area contributed by atoms with Crippen molar-refractivity contribution in [2.75, 3.05) is 39.3 Å². The van der Waals surface area contributed by atoms with E-state index in [1.165, 1.54) is 12.8 Å². The Morgan fingerprint density at radius 2 is 1.81 bits per heavy atom. The maximum Gasteiger partial charge on any atom is 0.225 e. The Kier molecular flexibility index (Phi) is 7.93. The molecule has 1 saturated heterocycles. The fourth-order valence-corrected chi connectivity index (χ4v) is 4.63. The Hall–Kier alpha value is -2.67. The van der Waals surface area contributed by atoms with Crippen LogP contribution in [0, 0.1) is 5.92 Å². The minimum absolute atomic E-state index is 0.0647. The summed E-state index contributed by atoms with van der Waals surface area (Å²) >= 11 is 0. The smallest absolute Gasteiger partial charge is 0.225 e. The molecule has 2 heterocycles. The van der Waals surface area contributed by atoms with E-state index in [1.54, 1.807) is 6.20 Å². The highest BCUT2D eigenvalue weighted by molar-refractivity contribution is 5.79. The summed E-state index contributed by atoms with van der Waals surface area (Å²) in [6, 6.07) is 9.89. The van der Waals surface area contributed by atoms with Crippen molar-refractivity contribution in [2.24, 2.45) is 5.92 Å². The third-order valence-electron chi connectivity index (χ3n) is 6.54.